The van der Waals surface area contributed by atoms with Gasteiger partial charge in [-0.3, -0.25) is 4.57 Å². The van der Waals surface area contributed by atoms with Crippen LogP contribution in [0, 0.1) is 0 Å². The molecular formula is C59H37N5S. The van der Waals surface area contributed by atoms with E-state index < -0.39 is 5.41 Å². The molecule has 0 unspecified atom stereocenters. The lowest BCUT2D eigenvalue weighted by Crippen LogP contribution is -2.28. The van der Waals surface area contributed by atoms with E-state index in [1.807, 2.05) is 18.2 Å². The van der Waals surface area contributed by atoms with Gasteiger partial charge in [0, 0.05) is 48.1 Å². The number of hydrogen-bond acceptors (Lipinski definition) is 5. The average Bonchev–Trinajstić information content (AvgIpc) is 4.06. The molecule has 13 rings (SSSR count). The summed E-state index contributed by atoms with van der Waals surface area (Å²) in [5, 5.41) is 2.23. The minimum atomic E-state index is -0.559. The number of benzene rings is 9. The summed E-state index contributed by atoms with van der Waals surface area (Å²) in [5.41, 5.74) is 13.5. The standard InChI is InChI=1S/C59H37N5S/c1-5-20-38(21-6-1)55-61-56(43-29-17-33-47-52(43)42-28-13-14-32-46(42)59(47,39-22-7-2-8-23-39)40-24-9-3-10-25-40)63-57(62-55)44-30-18-36-50-53(44)54-45(31-19-37-51(54)65-50)58-60-48-34-15-16-35-49(48)64(58)41-26-11-4-12-27-41/h1-37H. The second-order valence-electron chi connectivity index (χ2n) is 16.5. The van der Waals surface area contributed by atoms with Gasteiger partial charge in [0.05, 0.1) is 16.4 Å². The van der Waals surface area contributed by atoms with Crippen LogP contribution in [-0.4, -0.2) is 24.5 Å². The Hall–Kier alpha value is -8.32. The molecule has 0 atom stereocenters. The zero-order valence-electron chi connectivity index (χ0n) is 35.0. The highest BCUT2D eigenvalue weighted by Gasteiger charge is 2.47. The van der Waals surface area contributed by atoms with Crippen molar-refractivity contribution in [3.05, 3.63) is 247 Å². The summed E-state index contributed by atoms with van der Waals surface area (Å²) in [6.07, 6.45) is 0. The summed E-state index contributed by atoms with van der Waals surface area (Å²) in [6.45, 7) is 0. The highest BCUT2D eigenvalue weighted by molar-refractivity contribution is 7.26. The molecular weight excluding hydrogens is 811 g/mol. The Bertz CT molecular complexity index is 3730. The van der Waals surface area contributed by atoms with Crippen LogP contribution in [0.3, 0.4) is 0 Å². The Morgan fingerprint density at radius 2 is 0.877 bits per heavy atom. The predicted octanol–water partition coefficient (Wildman–Crippen LogP) is 14.6. The van der Waals surface area contributed by atoms with Gasteiger partial charge in [0.1, 0.15) is 5.82 Å². The molecule has 12 aromatic rings. The molecule has 0 fully saturated rings. The minimum Gasteiger partial charge on any atom is -0.292 e. The Kier molecular flexibility index (Phi) is 8.54. The van der Waals surface area contributed by atoms with Crippen molar-refractivity contribution < 1.29 is 0 Å². The fourth-order valence-corrected chi connectivity index (χ4v) is 11.5. The van der Waals surface area contributed by atoms with Crippen molar-refractivity contribution in [3.8, 4) is 62.4 Å². The van der Waals surface area contributed by atoms with Crippen molar-refractivity contribution >= 4 is 42.5 Å². The fraction of sp³-hybridized carbons (Fsp3) is 0.0169. The largest absolute Gasteiger partial charge is 0.292 e. The molecule has 0 radical (unpaired) electrons. The molecule has 9 aromatic carbocycles. The van der Waals surface area contributed by atoms with Crippen molar-refractivity contribution in [2.75, 3.05) is 0 Å². The number of para-hydroxylation sites is 3. The molecule has 304 valence electrons. The summed E-state index contributed by atoms with van der Waals surface area (Å²) in [4.78, 5) is 21.6. The molecule has 0 saturated carbocycles. The Morgan fingerprint density at radius 1 is 0.369 bits per heavy atom. The van der Waals surface area contributed by atoms with Gasteiger partial charge in [-0.15, -0.1) is 11.3 Å². The second kappa shape index (κ2) is 14.9. The minimum absolute atomic E-state index is 0.559. The molecule has 0 aliphatic heterocycles. The molecule has 1 aliphatic rings. The quantitative estimate of drug-likeness (QED) is 0.160. The SMILES string of the molecule is c1ccc(-c2nc(-c3cccc4c3-c3ccccc3C4(c3ccccc3)c3ccccc3)nc(-c3cccc4sc5cccc(-c6nc7ccccc7n6-c6ccccc6)c5c34)n2)cc1. The van der Waals surface area contributed by atoms with Crippen molar-refractivity contribution in [1.29, 1.82) is 0 Å². The van der Waals surface area contributed by atoms with Gasteiger partial charge in [-0.25, -0.2) is 19.9 Å². The lowest BCUT2D eigenvalue weighted by atomic mass is 9.67. The topological polar surface area (TPSA) is 56.5 Å². The molecule has 1 aliphatic carbocycles. The van der Waals surface area contributed by atoms with Gasteiger partial charge in [-0.2, -0.15) is 0 Å². The first-order chi connectivity index (χ1) is 32.3. The number of thiophene rings is 1. The van der Waals surface area contributed by atoms with E-state index in [1.165, 1.54) is 32.5 Å². The van der Waals surface area contributed by atoms with Crippen molar-refractivity contribution in [1.82, 2.24) is 24.5 Å². The van der Waals surface area contributed by atoms with E-state index in [9.17, 15) is 0 Å². The van der Waals surface area contributed by atoms with Crippen molar-refractivity contribution in [2.24, 2.45) is 0 Å². The van der Waals surface area contributed by atoms with E-state index in [-0.39, 0.29) is 0 Å². The molecule has 3 aromatic heterocycles. The first kappa shape index (κ1) is 37.3. The zero-order chi connectivity index (χ0) is 42.9. The van der Waals surface area contributed by atoms with Crippen LogP contribution in [0.5, 0.6) is 0 Å². The first-order valence-electron chi connectivity index (χ1n) is 21.9. The number of hydrogen-bond donors (Lipinski definition) is 0. The van der Waals surface area contributed by atoms with Crippen LogP contribution in [-0.2, 0) is 5.41 Å². The van der Waals surface area contributed by atoms with Gasteiger partial charge in [0.25, 0.3) is 0 Å². The molecule has 0 amide bonds. The maximum absolute atomic E-state index is 5.54. The van der Waals surface area contributed by atoms with Crippen LogP contribution < -0.4 is 0 Å². The molecule has 0 saturated heterocycles. The fourth-order valence-electron chi connectivity index (χ4n) is 10.3. The normalized spacial score (nSPS) is 12.7. The van der Waals surface area contributed by atoms with Crippen molar-refractivity contribution in [2.45, 2.75) is 5.41 Å². The number of nitrogens with zero attached hydrogens (tertiary/aromatic N) is 5. The third kappa shape index (κ3) is 5.71. The van der Waals surface area contributed by atoms with Crippen LogP contribution in [0.2, 0.25) is 0 Å². The molecule has 5 nitrogen and oxygen atoms in total. The van der Waals surface area contributed by atoms with Crippen LogP contribution in [0.4, 0.5) is 0 Å². The van der Waals surface area contributed by atoms with Crippen LogP contribution in [0.15, 0.2) is 224 Å². The lowest BCUT2D eigenvalue weighted by molar-refractivity contribution is 0.768. The summed E-state index contributed by atoms with van der Waals surface area (Å²) >= 11 is 1.78. The van der Waals surface area contributed by atoms with Crippen LogP contribution >= 0.6 is 11.3 Å². The maximum Gasteiger partial charge on any atom is 0.164 e. The van der Waals surface area contributed by atoms with Gasteiger partial charge in [-0.05, 0) is 69.8 Å². The van der Waals surface area contributed by atoms with Crippen LogP contribution in [0.1, 0.15) is 22.3 Å². The summed E-state index contributed by atoms with van der Waals surface area (Å²) in [7, 11) is 0. The summed E-state index contributed by atoms with van der Waals surface area (Å²) in [5.74, 6) is 2.75. The summed E-state index contributed by atoms with van der Waals surface area (Å²) in [6, 6.07) is 79.6. The number of fused-ring (bicyclic) bond motifs is 7. The van der Waals surface area contributed by atoms with E-state index in [0.717, 1.165) is 65.8 Å². The molecule has 0 spiro atoms. The lowest BCUT2D eigenvalue weighted by Gasteiger charge is -2.33. The number of rotatable bonds is 7. The highest BCUT2D eigenvalue weighted by Crippen LogP contribution is 2.58. The molecule has 3 heterocycles. The third-order valence-corrected chi connectivity index (χ3v) is 14.1. The zero-order valence-corrected chi connectivity index (χ0v) is 35.8. The highest BCUT2D eigenvalue weighted by atomic mass is 32.1. The Morgan fingerprint density at radius 3 is 1.60 bits per heavy atom. The van der Waals surface area contributed by atoms with Gasteiger partial charge in [0.2, 0.25) is 0 Å². The van der Waals surface area contributed by atoms with E-state index in [0.29, 0.717) is 17.5 Å². The maximum atomic E-state index is 5.54. The Balaban J connectivity index is 1.09. The monoisotopic (exact) mass is 847 g/mol. The molecule has 65 heavy (non-hydrogen) atoms. The predicted molar refractivity (Wildman–Crippen MR) is 266 cm³/mol. The van der Waals surface area contributed by atoms with Crippen LogP contribution in [0.25, 0.3) is 93.6 Å². The van der Waals surface area contributed by atoms with E-state index >= 15 is 0 Å². The third-order valence-electron chi connectivity index (χ3n) is 13.0. The van der Waals surface area contributed by atoms with E-state index in [1.54, 1.807) is 11.3 Å². The Labute approximate surface area is 379 Å². The van der Waals surface area contributed by atoms with Gasteiger partial charge < -0.3 is 0 Å². The average molecular weight is 848 g/mol. The molecule has 0 N–H and O–H groups in total. The smallest absolute Gasteiger partial charge is 0.164 e. The first-order valence-corrected chi connectivity index (χ1v) is 22.7. The summed E-state index contributed by atoms with van der Waals surface area (Å²) < 4.78 is 4.61. The van der Waals surface area contributed by atoms with Crippen molar-refractivity contribution in [3.63, 3.8) is 0 Å². The van der Waals surface area contributed by atoms with Gasteiger partial charge in [-0.1, -0.05) is 188 Å². The van der Waals surface area contributed by atoms with Gasteiger partial charge >= 0.3 is 0 Å². The van der Waals surface area contributed by atoms with E-state index in [4.69, 9.17) is 19.9 Å². The van der Waals surface area contributed by atoms with Gasteiger partial charge in [0.15, 0.2) is 17.5 Å². The number of imidazole rings is 1. The molecule has 0 bridgehead atoms. The molecule has 6 heteroatoms. The second-order valence-corrected chi connectivity index (χ2v) is 17.6. The van der Waals surface area contributed by atoms with E-state index in [2.05, 4.69) is 211 Å². The number of aromatic nitrogens is 5.